The average molecular weight is 493 g/mol. The Morgan fingerprint density at radius 1 is 0.941 bits per heavy atom. The molecule has 0 spiro atoms. The summed E-state index contributed by atoms with van der Waals surface area (Å²) < 4.78 is 9.18. The summed E-state index contributed by atoms with van der Waals surface area (Å²) in [6, 6.07) is 25.9. The van der Waals surface area contributed by atoms with Crippen molar-refractivity contribution in [2.75, 3.05) is 38.0 Å². The van der Waals surface area contributed by atoms with Crippen LogP contribution in [0.3, 0.4) is 0 Å². The van der Waals surface area contributed by atoms with Gasteiger partial charge in [0, 0.05) is 59.4 Å². The first-order valence-corrected chi connectivity index (χ1v) is 12.6. The molecule has 0 atom stereocenters. The fraction of sp³-hybridized carbons (Fsp3) is 0.222. The van der Waals surface area contributed by atoms with Gasteiger partial charge in [0.1, 0.15) is 5.75 Å². The van der Waals surface area contributed by atoms with E-state index < -0.39 is 0 Å². The molecule has 4 rings (SSSR count). The van der Waals surface area contributed by atoms with Gasteiger partial charge < -0.3 is 15.0 Å². The first-order chi connectivity index (χ1) is 16.7. The minimum Gasteiger partial charge on any atom is -0.439 e. The highest BCUT2D eigenvalue weighted by Gasteiger charge is 2.05. The van der Waals surface area contributed by atoms with Crippen molar-refractivity contribution < 1.29 is 4.74 Å². The molecule has 0 aliphatic rings. The molecule has 0 radical (unpaired) electrons. The van der Waals surface area contributed by atoms with Gasteiger partial charge in [-0.05, 0) is 60.3 Å². The minimum absolute atomic E-state index is 0.592. The van der Waals surface area contributed by atoms with E-state index in [9.17, 15) is 0 Å². The van der Waals surface area contributed by atoms with E-state index in [0.29, 0.717) is 5.88 Å². The second-order valence-electron chi connectivity index (χ2n) is 7.78. The Labute approximate surface area is 210 Å². The summed E-state index contributed by atoms with van der Waals surface area (Å²) in [6.07, 6.45) is 1.83. The monoisotopic (exact) mass is 492 g/mol. The largest absolute Gasteiger partial charge is 0.439 e. The van der Waals surface area contributed by atoms with Crippen LogP contribution in [0.4, 0.5) is 5.69 Å². The number of fused-ring (bicyclic) bond motifs is 1. The molecule has 0 bridgehead atoms. The average Bonchev–Trinajstić information content (AvgIpc) is 2.87. The van der Waals surface area contributed by atoms with Gasteiger partial charge in [0.2, 0.25) is 5.88 Å². The van der Waals surface area contributed by atoms with Gasteiger partial charge in [-0.25, -0.2) is 4.98 Å². The predicted octanol–water partition coefficient (Wildman–Crippen LogP) is 6.71. The molecule has 0 aliphatic carbocycles. The number of rotatable bonds is 12. The molecular formula is C27H29ClN4OS. The van der Waals surface area contributed by atoms with E-state index in [4.69, 9.17) is 16.3 Å². The van der Waals surface area contributed by atoms with Crippen molar-refractivity contribution >= 4 is 40.0 Å². The van der Waals surface area contributed by atoms with Crippen LogP contribution in [0.25, 0.3) is 10.8 Å². The van der Waals surface area contributed by atoms with E-state index in [1.54, 1.807) is 11.9 Å². The summed E-state index contributed by atoms with van der Waals surface area (Å²) in [4.78, 5) is 7.88. The molecule has 7 heteroatoms. The van der Waals surface area contributed by atoms with Gasteiger partial charge >= 0.3 is 0 Å². The third-order valence-corrected chi connectivity index (χ3v) is 6.49. The van der Waals surface area contributed by atoms with Gasteiger partial charge in [-0.1, -0.05) is 54.9 Å². The normalized spacial score (nSPS) is 11.1. The molecular weight excluding hydrogens is 464 g/mol. The zero-order valence-corrected chi connectivity index (χ0v) is 20.8. The molecule has 34 heavy (non-hydrogen) atoms. The molecule has 1 aromatic heterocycles. The molecule has 0 saturated carbocycles. The van der Waals surface area contributed by atoms with Crippen molar-refractivity contribution in [1.29, 1.82) is 0 Å². The van der Waals surface area contributed by atoms with Crippen molar-refractivity contribution in [3.05, 3.63) is 90.1 Å². The van der Waals surface area contributed by atoms with Crippen LogP contribution in [0.15, 0.2) is 90.0 Å². The molecule has 0 amide bonds. The maximum absolute atomic E-state index is 6.13. The second-order valence-corrected chi connectivity index (χ2v) is 9.18. The maximum Gasteiger partial charge on any atom is 0.219 e. The van der Waals surface area contributed by atoms with Gasteiger partial charge in [-0.15, -0.1) is 0 Å². The standard InChI is InChI=1S/C27H29ClN4OS/c1-2-32(17-15-29-26-10-6-7-21-19-22(28)11-13-25(21)26)18-16-31-34-24-12-14-27(30-20-24)33-23-8-4-3-5-9-23/h3-14,19-20,29,31H,2,15-18H2,1H3. The van der Waals surface area contributed by atoms with Crippen LogP contribution in [0, 0.1) is 0 Å². The number of ether oxygens (including phenoxy) is 1. The van der Waals surface area contributed by atoms with Crippen LogP contribution < -0.4 is 14.8 Å². The first kappa shape index (κ1) is 24.4. The molecule has 3 aromatic carbocycles. The molecule has 2 N–H and O–H groups in total. The third kappa shape index (κ3) is 7.11. The molecule has 5 nitrogen and oxygen atoms in total. The third-order valence-electron chi connectivity index (χ3n) is 5.43. The lowest BCUT2D eigenvalue weighted by molar-refractivity contribution is 0.305. The highest BCUT2D eigenvalue weighted by Crippen LogP contribution is 2.26. The van der Waals surface area contributed by atoms with Crippen LogP contribution in [-0.4, -0.2) is 42.6 Å². The molecule has 4 aromatic rings. The Morgan fingerprint density at radius 3 is 2.59 bits per heavy atom. The van der Waals surface area contributed by atoms with Crippen molar-refractivity contribution in [2.45, 2.75) is 11.8 Å². The maximum atomic E-state index is 6.13. The van der Waals surface area contributed by atoms with Crippen LogP contribution in [0.1, 0.15) is 6.92 Å². The second kappa shape index (κ2) is 12.6. The number of hydrogen-bond donors (Lipinski definition) is 2. The van der Waals surface area contributed by atoms with Gasteiger partial charge in [-0.2, -0.15) is 0 Å². The highest BCUT2D eigenvalue weighted by atomic mass is 35.5. The van der Waals surface area contributed by atoms with Crippen molar-refractivity contribution in [3.8, 4) is 11.6 Å². The number of nitrogens with zero attached hydrogens (tertiary/aromatic N) is 2. The molecule has 1 heterocycles. The van der Waals surface area contributed by atoms with Crippen LogP contribution in [0.5, 0.6) is 11.6 Å². The Kier molecular flexibility index (Phi) is 9.04. The zero-order chi connectivity index (χ0) is 23.6. The lowest BCUT2D eigenvalue weighted by Crippen LogP contribution is -2.33. The van der Waals surface area contributed by atoms with Crippen LogP contribution in [0.2, 0.25) is 5.02 Å². The summed E-state index contributed by atoms with van der Waals surface area (Å²) in [5, 5.41) is 6.69. The Morgan fingerprint density at radius 2 is 1.79 bits per heavy atom. The fourth-order valence-corrected chi connectivity index (χ4v) is 4.40. The number of pyridine rings is 1. The summed E-state index contributed by atoms with van der Waals surface area (Å²) in [5.41, 5.74) is 1.14. The molecule has 0 saturated heterocycles. The van der Waals surface area contributed by atoms with E-state index in [0.717, 1.165) is 59.5 Å². The van der Waals surface area contributed by atoms with Gasteiger partial charge in [0.15, 0.2) is 0 Å². The summed E-state index contributed by atoms with van der Waals surface area (Å²) in [6.45, 7) is 6.91. The SMILES string of the molecule is CCN(CCNSc1ccc(Oc2ccccc2)nc1)CCNc1cccc2cc(Cl)ccc12. The van der Waals surface area contributed by atoms with E-state index >= 15 is 0 Å². The Hall–Kier alpha value is -2.77. The zero-order valence-electron chi connectivity index (χ0n) is 19.2. The number of aromatic nitrogens is 1. The first-order valence-electron chi connectivity index (χ1n) is 11.4. The van der Waals surface area contributed by atoms with E-state index in [1.807, 2.05) is 60.8 Å². The molecule has 0 aliphatic heterocycles. The molecule has 0 fully saturated rings. The molecule has 0 unspecified atom stereocenters. The number of hydrogen-bond acceptors (Lipinski definition) is 6. The minimum atomic E-state index is 0.592. The topological polar surface area (TPSA) is 49.4 Å². The van der Waals surface area contributed by atoms with E-state index in [1.165, 1.54) is 5.39 Å². The number of para-hydroxylation sites is 1. The number of anilines is 1. The van der Waals surface area contributed by atoms with Crippen molar-refractivity contribution in [2.24, 2.45) is 0 Å². The Bertz CT molecular complexity index is 1170. The summed E-state index contributed by atoms with van der Waals surface area (Å²) in [5.74, 6) is 1.38. The van der Waals surface area contributed by atoms with E-state index in [-0.39, 0.29) is 0 Å². The molecule has 176 valence electrons. The van der Waals surface area contributed by atoms with Crippen LogP contribution in [-0.2, 0) is 0 Å². The Balaban J connectivity index is 1.17. The fourth-order valence-electron chi connectivity index (χ4n) is 3.62. The number of likely N-dealkylation sites (N-methyl/N-ethyl adjacent to an activating group) is 1. The lowest BCUT2D eigenvalue weighted by Gasteiger charge is -2.21. The van der Waals surface area contributed by atoms with Gasteiger partial charge in [0.25, 0.3) is 0 Å². The summed E-state index contributed by atoms with van der Waals surface area (Å²) in [7, 11) is 0. The number of nitrogens with one attached hydrogen (secondary N) is 2. The van der Waals surface area contributed by atoms with Crippen LogP contribution >= 0.6 is 23.5 Å². The van der Waals surface area contributed by atoms with Crippen molar-refractivity contribution in [3.63, 3.8) is 0 Å². The van der Waals surface area contributed by atoms with Crippen molar-refractivity contribution in [1.82, 2.24) is 14.6 Å². The van der Waals surface area contributed by atoms with E-state index in [2.05, 4.69) is 51.1 Å². The smallest absolute Gasteiger partial charge is 0.219 e. The summed E-state index contributed by atoms with van der Waals surface area (Å²) >= 11 is 7.72. The highest BCUT2D eigenvalue weighted by molar-refractivity contribution is 7.97. The quantitative estimate of drug-likeness (QED) is 0.169. The number of benzene rings is 3. The lowest BCUT2D eigenvalue weighted by atomic mass is 10.1. The van der Waals surface area contributed by atoms with Gasteiger partial charge in [0.05, 0.1) is 0 Å². The van der Waals surface area contributed by atoms with Gasteiger partial charge in [-0.3, -0.25) is 4.72 Å². The number of halogens is 1. The predicted molar refractivity (Wildman–Crippen MR) is 144 cm³/mol.